The van der Waals surface area contributed by atoms with Crippen LogP contribution in [0, 0.1) is 11.6 Å². The minimum atomic E-state index is -0.540. The summed E-state index contributed by atoms with van der Waals surface area (Å²) in [4.78, 5) is 4.49. The smallest absolute Gasteiger partial charge is 0.130 e. The number of nitrogens with zero attached hydrogens (tertiary/aromatic N) is 2. The van der Waals surface area contributed by atoms with Gasteiger partial charge in [-0.15, -0.1) is 0 Å². The molecule has 1 N–H and O–H groups in total. The van der Waals surface area contributed by atoms with Crippen LogP contribution in [0.3, 0.4) is 0 Å². The van der Waals surface area contributed by atoms with Crippen molar-refractivity contribution in [3.63, 3.8) is 0 Å². The van der Waals surface area contributed by atoms with E-state index in [1.165, 1.54) is 12.1 Å². The second kappa shape index (κ2) is 7.29. The summed E-state index contributed by atoms with van der Waals surface area (Å²) in [5.41, 5.74) is 0.541. The van der Waals surface area contributed by atoms with Gasteiger partial charge < -0.3 is 5.11 Å². The molecule has 0 aliphatic carbocycles. The van der Waals surface area contributed by atoms with Gasteiger partial charge >= 0.3 is 0 Å². The molecule has 0 aromatic heterocycles. The number of hydrogen-bond acceptors (Lipinski definition) is 3. The SMILES string of the molecule is CCC(CO)N1CCN(C(C)c2ccc(F)cc2F)CC1. The Hall–Kier alpha value is -1.04. The third-order valence-corrected chi connectivity index (χ3v) is 4.51. The molecule has 2 rings (SSSR count). The number of rotatable bonds is 5. The fourth-order valence-corrected chi connectivity index (χ4v) is 3.03. The van der Waals surface area contributed by atoms with E-state index in [1.807, 2.05) is 6.92 Å². The van der Waals surface area contributed by atoms with E-state index in [0.717, 1.165) is 38.7 Å². The largest absolute Gasteiger partial charge is 0.395 e. The van der Waals surface area contributed by atoms with Crippen LogP contribution in [0.15, 0.2) is 18.2 Å². The molecule has 1 aliphatic rings. The summed E-state index contributed by atoms with van der Waals surface area (Å²) < 4.78 is 26.8. The quantitative estimate of drug-likeness (QED) is 0.904. The Labute approximate surface area is 125 Å². The van der Waals surface area contributed by atoms with Crippen molar-refractivity contribution in [3.05, 3.63) is 35.4 Å². The normalized spacial score (nSPS) is 20.4. The van der Waals surface area contributed by atoms with E-state index in [-0.39, 0.29) is 18.7 Å². The minimum absolute atomic E-state index is 0.0676. The Bertz CT molecular complexity index is 458. The summed E-state index contributed by atoms with van der Waals surface area (Å²) in [6.45, 7) is 7.60. The first kappa shape index (κ1) is 16.3. The first-order valence-electron chi connectivity index (χ1n) is 7.60. The number of halogens is 2. The third kappa shape index (κ3) is 3.78. The molecule has 1 fully saturated rings. The van der Waals surface area contributed by atoms with Crippen LogP contribution in [0.25, 0.3) is 0 Å². The molecule has 0 amide bonds. The summed E-state index contributed by atoms with van der Waals surface area (Å²) in [5.74, 6) is -1.02. The zero-order valence-corrected chi connectivity index (χ0v) is 12.7. The molecule has 1 aromatic rings. The molecule has 0 radical (unpaired) electrons. The van der Waals surface area contributed by atoms with Crippen LogP contribution >= 0.6 is 0 Å². The van der Waals surface area contributed by atoms with E-state index in [9.17, 15) is 13.9 Å². The Morgan fingerprint density at radius 1 is 1.14 bits per heavy atom. The van der Waals surface area contributed by atoms with Crippen molar-refractivity contribution in [2.24, 2.45) is 0 Å². The van der Waals surface area contributed by atoms with E-state index in [2.05, 4.69) is 16.7 Å². The van der Waals surface area contributed by atoms with Gasteiger partial charge in [-0.1, -0.05) is 13.0 Å². The lowest BCUT2D eigenvalue weighted by atomic mass is 10.0. The molecular formula is C16H24F2N2O. The molecule has 2 unspecified atom stereocenters. The molecule has 0 spiro atoms. The van der Waals surface area contributed by atoms with Crippen molar-refractivity contribution in [1.82, 2.24) is 9.80 Å². The van der Waals surface area contributed by atoms with Crippen molar-refractivity contribution in [2.45, 2.75) is 32.4 Å². The second-order valence-electron chi connectivity index (χ2n) is 5.66. The van der Waals surface area contributed by atoms with E-state index >= 15 is 0 Å². The Balaban J connectivity index is 1.98. The van der Waals surface area contributed by atoms with Crippen LogP contribution in [0.2, 0.25) is 0 Å². The average Bonchev–Trinajstić information content (AvgIpc) is 2.48. The van der Waals surface area contributed by atoms with Gasteiger partial charge in [0.25, 0.3) is 0 Å². The number of piperazine rings is 1. The standard InChI is InChI=1S/C16H24F2N2O/c1-3-14(11-21)20-8-6-19(7-9-20)12(2)15-5-4-13(17)10-16(15)18/h4-5,10,12,14,21H,3,6-9,11H2,1-2H3. The van der Waals surface area contributed by atoms with Gasteiger partial charge in [-0.25, -0.2) is 8.78 Å². The first-order valence-corrected chi connectivity index (χ1v) is 7.60. The molecule has 5 heteroatoms. The van der Waals surface area contributed by atoms with Gasteiger partial charge in [-0.05, 0) is 19.4 Å². The number of hydrogen-bond donors (Lipinski definition) is 1. The lowest BCUT2D eigenvalue weighted by Crippen LogP contribution is -2.51. The van der Waals surface area contributed by atoms with E-state index in [4.69, 9.17) is 0 Å². The van der Waals surface area contributed by atoms with Crippen LogP contribution in [0.4, 0.5) is 8.78 Å². The topological polar surface area (TPSA) is 26.7 Å². The Morgan fingerprint density at radius 2 is 1.76 bits per heavy atom. The van der Waals surface area contributed by atoms with Crippen molar-refractivity contribution in [3.8, 4) is 0 Å². The van der Waals surface area contributed by atoms with Crippen LogP contribution in [-0.2, 0) is 0 Å². The summed E-state index contributed by atoms with van der Waals surface area (Å²) in [6.07, 6.45) is 0.929. The molecule has 1 saturated heterocycles. The highest BCUT2D eigenvalue weighted by atomic mass is 19.1. The average molecular weight is 298 g/mol. The summed E-state index contributed by atoms with van der Waals surface area (Å²) in [7, 11) is 0. The highest BCUT2D eigenvalue weighted by Crippen LogP contribution is 2.25. The molecule has 1 aliphatic heterocycles. The molecule has 118 valence electrons. The van der Waals surface area contributed by atoms with Crippen LogP contribution in [-0.4, -0.2) is 53.7 Å². The molecule has 0 saturated carbocycles. The van der Waals surface area contributed by atoms with Gasteiger partial charge in [0.15, 0.2) is 0 Å². The fraction of sp³-hybridized carbons (Fsp3) is 0.625. The minimum Gasteiger partial charge on any atom is -0.395 e. The zero-order valence-electron chi connectivity index (χ0n) is 12.7. The molecule has 1 heterocycles. The molecule has 0 bridgehead atoms. The maximum Gasteiger partial charge on any atom is 0.130 e. The maximum absolute atomic E-state index is 13.9. The van der Waals surface area contributed by atoms with E-state index in [0.29, 0.717) is 5.56 Å². The van der Waals surface area contributed by atoms with Crippen molar-refractivity contribution >= 4 is 0 Å². The fourth-order valence-electron chi connectivity index (χ4n) is 3.03. The van der Waals surface area contributed by atoms with Gasteiger partial charge in [0, 0.05) is 49.9 Å². The number of benzene rings is 1. The Morgan fingerprint density at radius 3 is 2.29 bits per heavy atom. The van der Waals surface area contributed by atoms with E-state index < -0.39 is 11.6 Å². The predicted octanol–water partition coefficient (Wildman–Crippen LogP) is 2.41. The molecule has 21 heavy (non-hydrogen) atoms. The van der Waals surface area contributed by atoms with Gasteiger partial charge in [-0.3, -0.25) is 9.80 Å². The third-order valence-electron chi connectivity index (χ3n) is 4.51. The molecular weight excluding hydrogens is 274 g/mol. The van der Waals surface area contributed by atoms with Crippen LogP contribution in [0.1, 0.15) is 31.9 Å². The highest BCUT2D eigenvalue weighted by molar-refractivity contribution is 5.21. The highest BCUT2D eigenvalue weighted by Gasteiger charge is 2.26. The van der Waals surface area contributed by atoms with Crippen LogP contribution in [0.5, 0.6) is 0 Å². The second-order valence-corrected chi connectivity index (χ2v) is 5.66. The van der Waals surface area contributed by atoms with Crippen molar-refractivity contribution in [2.75, 3.05) is 32.8 Å². The molecule has 3 nitrogen and oxygen atoms in total. The monoisotopic (exact) mass is 298 g/mol. The first-order chi connectivity index (χ1) is 10.1. The van der Waals surface area contributed by atoms with Gasteiger partial charge in [0.2, 0.25) is 0 Å². The van der Waals surface area contributed by atoms with Gasteiger partial charge in [-0.2, -0.15) is 0 Å². The summed E-state index contributed by atoms with van der Waals surface area (Å²) >= 11 is 0. The summed E-state index contributed by atoms with van der Waals surface area (Å²) in [5, 5.41) is 9.35. The number of aliphatic hydroxyl groups is 1. The number of aliphatic hydroxyl groups excluding tert-OH is 1. The predicted molar refractivity (Wildman–Crippen MR) is 79.1 cm³/mol. The van der Waals surface area contributed by atoms with Gasteiger partial charge in [0.05, 0.1) is 6.61 Å². The van der Waals surface area contributed by atoms with Crippen molar-refractivity contribution in [1.29, 1.82) is 0 Å². The lowest BCUT2D eigenvalue weighted by molar-refractivity contribution is 0.0480. The lowest BCUT2D eigenvalue weighted by Gasteiger charge is -2.41. The van der Waals surface area contributed by atoms with Crippen molar-refractivity contribution < 1.29 is 13.9 Å². The molecule has 2 atom stereocenters. The zero-order chi connectivity index (χ0) is 15.4. The summed E-state index contributed by atoms with van der Waals surface area (Å²) in [6, 6.07) is 3.93. The maximum atomic E-state index is 13.9. The van der Waals surface area contributed by atoms with Gasteiger partial charge in [0.1, 0.15) is 11.6 Å². The van der Waals surface area contributed by atoms with E-state index in [1.54, 1.807) is 0 Å². The molecule has 1 aromatic carbocycles. The Kier molecular flexibility index (Phi) is 5.67. The van der Waals surface area contributed by atoms with Crippen LogP contribution < -0.4 is 0 Å².